The van der Waals surface area contributed by atoms with Crippen molar-refractivity contribution in [1.82, 2.24) is 0 Å². The summed E-state index contributed by atoms with van der Waals surface area (Å²) in [5, 5.41) is 2.95. The lowest BCUT2D eigenvalue weighted by atomic mass is 9.97. The van der Waals surface area contributed by atoms with Crippen molar-refractivity contribution in [3.8, 4) is 33.8 Å². The summed E-state index contributed by atoms with van der Waals surface area (Å²) in [6.07, 6.45) is 0. The maximum atomic E-state index is 11.7. The maximum Gasteiger partial charge on any atom is 0.221 e. The topological polar surface area (TPSA) is 47.6 Å². The molecule has 1 amide bonds. The Bertz CT molecular complexity index is 962. The van der Waals surface area contributed by atoms with Crippen molar-refractivity contribution < 1.29 is 14.3 Å². The molecule has 138 valence electrons. The van der Waals surface area contributed by atoms with Crippen LogP contribution >= 0.6 is 0 Å². The fourth-order valence-corrected chi connectivity index (χ4v) is 3.02. The van der Waals surface area contributed by atoms with E-state index in [1.807, 2.05) is 36.4 Å². The van der Waals surface area contributed by atoms with Crippen LogP contribution in [0.1, 0.15) is 12.5 Å². The minimum atomic E-state index is -0.104. The molecule has 3 aromatic rings. The SMILES string of the molecule is COc1ccc(-c2ccc(-c3ccc(C)cc3)c(NC(C)=O)c2)cc1OC. The molecule has 0 aromatic heterocycles. The molecule has 3 rings (SSSR count). The number of aryl methyl sites for hydroxylation is 1. The van der Waals surface area contributed by atoms with Crippen molar-refractivity contribution in [2.75, 3.05) is 19.5 Å². The standard InChI is InChI=1S/C23H23NO3/c1-15-5-7-17(8-6-15)20-11-9-18(13-21(20)24-16(2)25)19-10-12-22(26-3)23(14-19)27-4/h5-14H,1-4H3,(H,24,25). The predicted octanol–water partition coefficient (Wildman–Crippen LogP) is 5.30. The second-order valence-corrected chi connectivity index (χ2v) is 6.38. The van der Waals surface area contributed by atoms with Gasteiger partial charge >= 0.3 is 0 Å². The van der Waals surface area contributed by atoms with Gasteiger partial charge in [-0.05, 0) is 41.8 Å². The van der Waals surface area contributed by atoms with E-state index in [1.54, 1.807) is 14.2 Å². The number of hydrogen-bond donors (Lipinski definition) is 1. The van der Waals surface area contributed by atoms with Crippen molar-refractivity contribution in [3.63, 3.8) is 0 Å². The summed E-state index contributed by atoms with van der Waals surface area (Å²) in [5.41, 5.74) is 5.98. The van der Waals surface area contributed by atoms with Gasteiger partial charge in [0.15, 0.2) is 11.5 Å². The van der Waals surface area contributed by atoms with E-state index in [0.29, 0.717) is 11.5 Å². The van der Waals surface area contributed by atoms with Crippen LogP contribution in [0.3, 0.4) is 0 Å². The van der Waals surface area contributed by atoms with E-state index in [2.05, 4.69) is 36.5 Å². The number of ether oxygens (including phenoxy) is 2. The van der Waals surface area contributed by atoms with Crippen LogP contribution < -0.4 is 14.8 Å². The van der Waals surface area contributed by atoms with Gasteiger partial charge in [-0.25, -0.2) is 0 Å². The Morgan fingerprint density at radius 3 is 2.00 bits per heavy atom. The first kappa shape index (κ1) is 18.5. The van der Waals surface area contributed by atoms with Crippen LogP contribution in [0.5, 0.6) is 11.5 Å². The number of carbonyl (C=O) groups excluding carboxylic acids is 1. The molecule has 0 unspecified atom stereocenters. The maximum absolute atomic E-state index is 11.7. The lowest BCUT2D eigenvalue weighted by Gasteiger charge is -2.14. The number of anilines is 1. The molecule has 0 spiro atoms. The smallest absolute Gasteiger partial charge is 0.221 e. The Hall–Kier alpha value is -3.27. The third-order valence-electron chi connectivity index (χ3n) is 4.41. The number of amides is 1. The molecule has 3 aromatic carbocycles. The molecular weight excluding hydrogens is 338 g/mol. The number of nitrogens with one attached hydrogen (secondary N) is 1. The Kier molecular flexibility index (Phi) is 5.46. The summed E-state index contributed by atoms with van der Waals surface area (Å²) in [7, 11) is 3.23. The van der Waals surface area contributed by atoms with E-state index in [9.17, 15) is 4.79 Å². The molecule has 0 radical (unpaired) electrons. The minimum absolute atomic E-state index is 0.104. The van der Waals surface area contributed by atoms with Gasteiger partial charge in [0.25, 0.3) is 0 Å². The first-order valence-corrected chi connectivity index (χ1v) is 8.73. The predicted molar refractivity (Wildman–Crippen MR) is 109 cm³/mol. The van der Waals surface area contributed by atoms with Gasteiger partial charge in [0.1, 0.15) is 0 Å². The van der Waals surface area contributed by atoms with E-state index in [-0.39, 0.29) is 5.91 Å². The van der Waals surface area contributed by atoms with Gasteiger partial charge in [0, 0.05) is 18.2 Å². The van der Waals surface area contributed by atoms with Gasteiger partial charge in [-0.1, -0.05) is 48.0 Å². The van der Waals surface area contributed by atoms with Gasteiger partial charge in [-0.3, -0.25) is 4.79 Å². The molecule has 0 atom stereocenters. The molecule has 0 heterocycles. The van der Waals surface area contributed by atoms with Crippen molar-refractivity contribution in [3.05, 3.63) is 66.2 Å². The molecular formula is C23H23NO3. The summed E-state index contributed by atoms with van der Waals surface area (Å²) in [5.74, 6) is 1.24. The largest absolute Gasteiger partial charge is 0.493 e. The molecule has 0 aliphatic heterocycles. The van der Waals surface area contributed by atoms with Crippen LogP contribution in [0, 0.1) is 6.92 Å². The first-order chi connectivity index (χ1) is 13.0. The van der Waals surface area contributed by atoms with Gasteiger partial charge in [0.2, 0.25) is 5.91 Å². The summed E-state index contributed by atoms with van der Waals surface area (Å²) < 4.78 is 10.7. The average Bonchev–Trinajstić information content (AvgIpc) is 2.67. The van der Waals surface area contributed by atoms with E-state index in [1.165, 1.54) is 12.5 Å². The van der Waals surface area contributed by atoms with Gasteiger partial charge in [0.05, 0.1) is 14.2 Å². The van der Waals surface area contributed by atoms with Crippen molar-refractivity contribution in [2.45, 2.75) is 13.8 Å². The summed E-state index contributed by atoms with van der Waals surface area (Å²) >= 11 is 0. The van der Waals surface area contributed by atoms with Crippen LogP contribution in [0.4, 0.5) is 5.69 Å². The average molecular weight is 361 g/mol. The minimum Gasteiger partial charge on any atom is -0.493 e. The fourth-order valence-electron chi connectivity index (χ4n) is 3.02. The van der Waals surface area contributed by atoms with E-state index < -0.39 is 0 Å². The third-order valence-corrected chi connectivity index (χ3v) is 4.41. The van der Waals surface area contributed by atoms with Gasteiger partial charge in [-0.2, -0.15) is 0 Å². The second-order valence-electron chi connectivity index (χ2n) is 6.38. The monoisotopic (exact) mass is 361 g/mol. The van der Waals surface area contributed by atoms with Crippen LogP contribution in [0.25, 0.3) is 22.3 Å². The summed E-state index contributed by atoms with van der Waals surface area (Å²) in [4.78, 5) is 11.7. The van der Waals surface area contributed by atoms with E-state index >= 15 is 0 Å². The van der Waals surface area contributed by atoms with E-state index in [0.717, 1.165) is 27.9 Å². The highest BCUT2D eigenvalue weighted by molar-refractivity contribution is 5.95. The fraction of sp³-hybridized carbons (Fsp3) is 0.174. The number of benzene rings is 3. The molecule has 1 N–H and O–H groups in total. The zero-order chi connectivity index (χ0) is 19.4. The third kappa shape index (κ3) is 4.11. The zero-order valence-corrected chi connectivity index (χ0v) is 16.0. The zero-order valence-electron chi connectivity index (χ0n) is 16.0. The van der Waals surface area contributed by atoms with E-state index in [4.69, 9.17) is 9.47 Å². The molecule has 0 bridgehead atoms. The van der Waals surface area contributed by atoms with Crippen molar-refractivity contribution in [2.24, 2.45) is 0 Å². The quantitative estimate of drug-likeness (QED) is 0.670. The number of hydrogen-bond acceptors (Lipinski definition) is 3. The normalized spacial score (nSPS) is 10.4. The van der Waals surface area contributed by atoms with Crippen molar-refractivity contribution in [1.29, 1.82) is 0 Å². The molecule has 27 heavy (non-hydrogen) atoms. The van der Waals surface area contributed by atoms with Crippen LogP contribution in [0.15, 0.2) is 60.7 Å². The van der Waals surface area contributed by atoms with Crippen molar-refractivity contribution >= 4 is 11.6 Å². The molecule has 4 heteroatoms. The highest BCUT2D eigenvalue weighted by Crippen LogP contribution is 2.36. The van der Waals surface area contributed by atoms with Crippen LogP contribution in [-0.4, -0.2) is 20.1 Å². The van der Waals surface area contributed by atoms with Crippen LogP contribution in [-0.2, 0) is 4.79 Å². The van der Waals surface area contributed by atoms with Gasteiger partial charge in [-0.15, -0.1) is 0 Å². The molecule has 0 saturated heterocycles. The Morgan fingerprint density at radius 1 is 0.778 bits per heavy atom. The first-order valence-electron chi connectivity index (χ1n) is 8.73. The molecule has 0 aliphatic rings. The lowest BCUT2D eigenvalue weighted by Crippen LogP contribution is -2.07. The summed E-state index contributed by atoms with van der Waals surface area (Å²) in [6, 6.07) is 20.1. The molecule has 0 saturated carbocycles. The Morgan fingerprint density at radius 2 is 1.37 bits per heavy atom. The summed E-state index contributed by atoms with van der Waals surface area (Å²) in [6.45, 7) is 3.57. The Balaban J connectivity index is 2.08. The highest BCUT2D eigenvalue weighted by Gasteiger charge is 2.11. The molecule has 4 nitrogen and oxygen atoms in total. The lowest BCUT2D eigenvalue weighted by molar-refractivity contribution is -0.114. The highest BCUT2D eigenvalue weighted by atomic mass is 16.5. The molecule has 0 aliphatic carbocycles. The number of methoxy groups -OCH3 is 2. The van der Waals surface area contributed by atoms with Crippen LogP contribution in [0.2, 0.25) is 0 Å². The molecule has 0 fully saturated rings. The van der Waals surface area contributed by atoms with Gasteiger partial charge < -0.3 is 14.8 Å². The number of carbonyl (C=O) groups is 1. The Labute approximate surface area is 159 Å². The number of rotatable bonds is 5. The second kappa shape index (κ2) is 7.96.